The van der Waals surface area contributed by atoms with Gasteiger partial charge in [0.1, 0.15) is 0 Å². The molecule has 1 atom stereocenters. The van der Waals surface area contributed by atoms with Crippen LogP contribution in [0.2, 0.25) is 0 Å². The van der Waals surface area contributed by atoms with Gasteiger partial charge in [0.2, 0.25) is 5.60 Å². The molecular formula is C15H15NO6. The van der Waals surface area contributed by atoms with Gasteiger partial charge >= 0.3 is 12.1 Å². The van der Waals surface area contributed by atoms with E-state index in [0.717, 1.165) is 19.8 Å². The van der Waals surface area contributed by atoms with E-state index in [0.29, 0.717) is 4.90 Å². The molecule has 1 aromatic rings. The summed E-state index contributed by atoms with van der Waals surface area (Å²) < 4.78 is 9.08. The predicted molar refractivity (Wildman–Crippen MR) is 76.1 cm³/mol. The van der Waals surface area contributed by atoms with Crippen molar-refractivity contribution in [2.75, 3.05) is 19.1 Å². The third-order valence-corrected chi connectivity index (χ3v) is 3.52. The van der Waals surface area contributed by atoms with Crippen LogP contribution in [-0.4, -0.2) is 37.3 Å². The Labute approximate surface area is 126 Å². The van der Waals surface area contributed by atoms with E-state index >= 15 is 0 Å². The number of hydrogen-bond donors (Lipinski definition) is 1. The molecule has 7 nitrogen and oxygen atoms in total. The number of imide groups is 1. The molecule has 1 N–H and O–H groups in total. The number of aryl methyl sites for hydroxylation is 1. The minimum Gasteiger partial charge on any atom is -0.466 e. The summed E-state index contributed by atoms with van der Waals surface area (Å²) in [6, 6.07) is 4.65. The first-order valence-corrected chi connectivity index (χ1v) is 6.32. The fraction of sp³-hybridized carbons (Fsp3) is 0.267. The Morgan fingerprint density at radius 1 is 1.27 bits per heavy atom. The summed E-state index contributed by atoms with van der Waals surface area (Å²) in [7, 11) is 2.21. The lowest BCUT2D eigenvalue weighted by Crippen LogP contribution is -2.45. The number of rotatable bonds is 2. The van der Waals surface area contributed by atoms with Crippen molar-refractivity contribution in [3.8, 4) is 0 Å². The Morgan fingerprint density at radius 3 is 2.45 bits per heavy atom. The van der Waals surface area contributed by atoms with Crippen LogP contribution < -0.4 is 4.90 Å². The second-order valence-electron chi connectivity index (χ2n) is 4.81. The number of esters is 1. The van der Waals surface area contributed by atoms with Crippen molar-refractivity contribution in [3.05, 3.63) is 41.5 Å². The molecule has 1 aromatic carbocycles. The van der Waals surface area contributed by atoms with Gasteiger partial charge in [-0.2, -0.15) is 0 Å². The van der Waals surface area contributed by atoms with Crippen molar-refractivity contribution < 1.29 is 29.0 Å². The third-order valence-electron chi connectivity index (χ3n) is 3.52. The molecule has 0 aromatic heterocycles. The van der Waals surface area contributed by atoms with E-state index in [9.17, 15) is 19.5 Å². The molecule has 1 aliphatic heterocycles. The number of anilines is 1. The van der Waals surface area contributed by atoms with Crippen LogP contribution in [0, 0.1) is 6.92 Å². The first-order valence-electron chi connectivity index (χ1n) is 6.32. The smallest absolute Gasteiger partial charge is 0.421 e. The second-order valence-corrected chi connectivity index (χ2v) is 4.81. The molecule has 0 saturated heterocycles. The van der Waals surface area contributed by atoms with Gasteiger partial charge in [-0.3, -0.25) is 4.79 Å². The average molecular weight is 305 g/mol. The summed E-state index contributed by atoms with van der Waals surface area (Å²) in [4.78, 5) is 36.8. The van der Waals surface area contributed by atoms with E-state index in [1.165, 1.54) is 12.1 Å². The minimum absolute atomic E-state index is 0.0818. The molecule has 116 valence electrons. The van der Waals surface area contributed by atoms with Crippen LogP contribution in [0.25, 0.3) is 0 Å². The van der Waals surface area contributed by atoms with Crippen molar-refractivity contribution in [3.63, 3.8) is 0 Å². The molecule has 7 heteroatoms. The van der Waals surface area contributed by atoms with Gasteiger partial charge in [0.15, 0.2) is 0 Å². The first-order chi connectivity index (χ1) is 10.3. The Bertz CT molecular complexity index is 695. The number of ether oxygens (including phenoxy) is 2. The van der Waals surface area contributed by atoms with Gasteiger partial charge in [0.05, 0.1) is 25.5 Å². The van der Waals surface area contributed by atoms with Crippen LogP contribution >= 0.6 is 0 Å². The number of aliphatic hydroxyl groups is 1. The van der Waals surface area contributed by atoms with Crippen LogP contribution in [0.5, 0.6) is 0 Å². The number of carbonyl (C=O) groups excluding carboxylic acids is 3. The first kappa shape index (κ1) is 15.7. The number of methoxy groups -OCH3 is 2. The summed E-state index contributed by atoms with van der Waals surface area (Å²) >= 11 is 0. The summed E-state index contributed by atoms with van der Waals surface area (Å²) in [6.45, 7) is 5.20. The predicted octanol–water partition coefficient (Wildman–Crippen LogP) is 1.02. The molecule has 1 aliphatic rings. The summed E-state index contributed by atoms with van der Waals surface area (Å²) in [6.07, 6.45) is -0.969. The highest BCUT2D eigenvalue weighted by Crippen LogP contribution is 2.45. The lowest BCUT2D eigenvalue weighted by Gasteiger charge is -2.22. The highest BCUT2D eigenvalue weighted by molar-refractivity contribution is 6.23. The monoisotopic (exact) mass is 305 g/mol. The maximum atomic E-state index is 12.6. The summed E-state index contributed by atoms with van der Waals surface area (Å²) in [5.74, 6) is -1.98. The van der Waals surface area contributed by atoms with Crippen molar-refractivity contribution in [2.45, 2.75) is 12.5 Å². The molecule has 0 aliphatic carbocycles. The van der Waals surface area contributed by atoms with Gasteiger partial charge in [-0.1, -0.05) is 24.3 Å². The standard InChI is InChI=1S/C15H15NO6/c1-8-5-6-11-10(7-8)15(20,9(2)12(17)21-3)13(18)16(11)14(19)22-4/h5-7,20H,2H2,1,3-4H3. The molecule has 0 bridgehead atoms. The van der Waals surface area contributed by atoms with Gasteiger partial charge in [-0.05, 0) is 13.0 Å². The number of fused-ring (bicyclic) bond motifs is 1. The van der Waals surface area contributed by atoms with Crippen LogP contribution in [0.4, 0.5) is 10.5 Å². The van der Waals surface area contributed by atoms with Crippen LogP contribution in [-0.2, 0) is 24.7 Å². The van der Waals surface area contributed by atoms with Gasteiger partial charge in [-0.15, -0.1) is 0 Å². The Hall–Kier alpha value is -2.67. The molecule has 0 spiro atoms. The minimum atomic E-state index is -2.37. The van der Waals surface area contributed by atoms with Crippen LogP contribution in [0.15, 0.2) is 30.4 Å². The second kappa shape index (κ2) is 5.27. The Balaban J connectivity index is 2.70. The molecule has 0 fully saturated rings. The number of amides is 2. The average Bonchev–Trinajstić information content (AvgIpc) is 2.74. The zero-order chi connectivity index (χ0) is 16.7. The van der Waals surface area contributed by atoms with E-state index in [2.05, 4.69) is 16.1 Å². The van der Waals surface area contributed by atoms with E-state index < -0.39 is 29.1 Å². The third kappa shape index (κ3) is 1.98. The SMILES string of the molecule is C=C(C(=O)OC)C1(O)C(=O)N(C(=O)OC)c2ccc(C)cc21. The highest BCUT2D eigenvalue weighted by Gasteiger charge is 2.56. The van der Waals surface area contributed by atoms with Gasteiger partial charge in [-0.25, -0.2) is 14.5 Å². The number of nitrogens with zero attached hydrogens (tertiary/aromatic N) is 1. The quantitative estimate of drug-likeness (QED) is 0.648. The van der Waals surface area contributed by atoms with Gasteiger partial charge in [0, 0.05) is 5.56 Å². The summed E-state index contributed by atoms with van der Waals surface area (Å²) in [5.41, 5.74) is -1.90. The van der Waals surface area contributed by atoms with Crippen molar-refractivity contribution >= 4 is 23.7 Å². The van der Waals surface area contributed by atoms with E-state index in [1.54, 1.807) is 13.0 Å². The Morgan fingerprint density at radius 2 is 1.91 bits per heavy atom. The zero-order valence-corrected chi connectivity index (χ0v) is 12.4. The van der Waals surface area contributed by atoms with Crippen molar-refractivity contribution in [1.82, 2.24) is 0 Å². The summed E-state index contributed by atoms with van der Waals surface area (Å²) in [5, 5.41) is 10.8. The van der Waals surface area contributed by atoms with E-state index in [1.807, 2.05) is 0 Å². The van der Waals surface area contributed by atoms with E-state index in [4.69, 9.17) is 0 Å². The zero-order valence-electron chi connectivity index (χ0n) is 12.4. The molecule has 0 saturated carbocycles. The molecular weight excluding hydrogens is 290 g/mol. The topological polar surface area (TPSA) is 93.1 Å². The lowest BCUT2D eigenvalue weighted by atomic mass is 9.87. The van der Waals surface area contributed by atoms with Gasteiger partial charge in [0.25, 0.3) is 5.91 Å². The fourth-order valence-electron chi connectivity index (χ4n) is 2.36. The molecule has 1 unspecified atom stereocenters. The molecule has 2 rings (SSSR count). The van der Waals surface area contributed by atoms with Crippen molar-refractivity contribution in [2.24, 2.45) is 0 Å². The molecule has 22 heavy (non-hydrogen) atoms. The maximum absolute atomic E-state index is 12.6. The van der Waals surface area contributed by atoms with E-state index in [-0.39, 0.29) is 11.3 Å². The molecule has 0 radical (unpaired) electrons. The number of carbonyl (C=O) groups is 3. The lowest BCUT2D eigenvalue weighted by molar-refractivity contribution is -0.144. The van der Waals surface area contributed by atoms with Crippen LogP contribution in [0.3, 0.4) is 0 Å². The fourth-order valence-corrected chi connectivity index (χ4v) is 2.36. The van der Waals surface area contributed by atoms with Gasteiger partial charge < -0.3 is 14.6 Å². The maximum Gasteiger partial charge on any atom is 0.421 e. The number of benzene rings is 1. The van der Waals surface area contributed by atoms with Crippen LogP contribution in [0.1, 0.15) is 11.1 Å². The largest absolute Gasteiger partial charge is 0.466 e. The normalized spacial score (nSPS) is 19.6. The molecule has 2 amide bonds. The molecule has 1 heterocycles. The van der Waals surface area contributed by atoms with Crippen molar-refractivity contribution in [1.29, 1.82) is 0 Å². The number of hydrogen-bond acceptors (Lipinski definition) is 6. The highest BCUT2D eigenvalue weighted by atomic mass is 16.5. The Kier molecular flexibility index (Phi) is 3.76.